The van der Waals surface area contributed by atoms with E-state index in [2.05, 4.69) is 31.0 Å². The van der Waals surface area contributed by atoms with Gasteiger partial charge in [-0.3, -0.25) is 19.6 Å². The van der Waals surface area contributed by atoms with Crippen molar-refractivity contribution in [1.29, 1.82) is 0 Å². The van der Waals surface area contributed by atoms with E-state index in [9.17, 15) is 9.59 Å². The first kappa shape index (κ1) is 20.5. The van der Waals surface area contributed by atoms with Crippen molar-refractivity contribution in [2.24, 2.45) is 10.2 Å². The van der Waals surface area contributed by atoms with E-state index in [4.69, 9.17) is 0 Å². The molecule has 0 atom stereocenters. The Morgan fingerprint density at radius 1 is 0.667 bits per heavy atom. The molecule has 2 amide bonds. The minimum absolute atomic E-state index is 0.327. The number of hydrogen-bond acceptors (Lipinski definition) is 6. The molecule has 8 heteroatoms. The molecule has 0 saturated heterocycles. The molecule has 0 saturated carbocycles. The molecule has 0 unspecified atom stereocenters. The normalized spacial score (nSPS) is 11.7. The molecule has 0 radical (unpaired) electrons. The van der Waals surface area contributed by atoms with E-state index < -0.39 is 0 Å². The topological polar surface area (TPSA) is 109 Å². The zero-order valence-corrected chi connectivity index (χ0v) is 16.5. The Labute approximate surface area is 173 Å². The summed E-state index contributed by atoms with van der Waals surface area (Å²) in [6, 6.07) is 14.2. The molecule has 30 heavy (non-hydrogen) atoms. The number of pyridine rings is 2. The smallest absolute Gasteiger partial charge is 0.267 e. The third-order valence-corrected chi connectivity index (χ3v) is 4.22. The second-order valence-electron chi connectivity index (χ2n) is 6.34. The Hall–Kier alpha value is -4.20. The molecule has 0 aliphatic heterocycles. The lowest BCUT2D eigenvalue weighted by Gasteiger charge is -2.06. The van der Waals surface area contributed by atoms with Gasteiger partial charge in [0.15, 0.2) is 0 Å². The first-order valence-electron chi connectivity index (χ1n) is 9.14. The van der Waals surface area contributed by atoms with Gasteiger partial charge in [0.25, 0.3) is 11.8 Å². The van der Waals surface area contributed by atoms with Crippen LogP contribution in [0, 0.1) is 0 Å². The van der Waals surface area contributed by atoms with Gasteiger partial charge in [-0.15, -0.1) is 0 Å². The van der Waals surface area contributed by atoms with Crippen molar-refractivity contribution in [1.82, 2.24) is 20.8 Å². The molecule has 0 aliphatic carbocycles. The number of carbonyl (C=O) groups excluding carboxylic acids is 2. The van der Waals surface area contributed by atoms with Gasteiger partial charge in [-0.1, -0.05) is 24.3 Å². The monoisotopic (exact) mass is 400 g/mol. The van der Waals surface area contributed by atoms with Gasteiger partial charge in [0.1, 0.15) is 0 Å². The zero-order valence-electron chi connectivity index (χ0n) is 16.5. The minimum atomic E-state index is -0.327. The van der Waals surface area contributed by atoms with E-state index in [-0.39, 0.29) is 11.8 Å². The quantitative estimate of drug-likeness (QED) is 0.490. The van der Waals surface area contributed by atoms with Crippen molar-refractivity contribution in [2.45, 2.75) is 13.8 Å². The van der Waals surface area contributed by atoms with Crippen LogP contribution in [0.4, 0.5) is 0 Å². The molecule has 3 aromatic rings. The fourth-order valence-corrected chi connectivity index (χ4v) is 2.47. The molecule has 0 spiro atoms. The van der Waals surface area contributed by atoms with Gasteiger partial charge in [0.2, 0.25) is 0 Å². The van der Waals surface area contributed by atoms with Crippen LogP contribution in [-0.4, -0.2) is 33.2 Å². The number of nitrogens with zero attached hydrogens (tertiary/aromatic N) is 4. The van der Waals surface area contributed by atoms with E-state index in [1.807, 2.05) is 24.3 Å². The number of amides is 2. The highest BCUT2D eigenvalue weighted by Crippen LogP contribution is 2.07. The van der Waals surface area contributed by atoms with Crippen molar-refractivity contribution >= 4 is 23.2 Å². The Morgan fingerprint density at radius 2 is 1.07 bits per heavy atom. The van der Waals surface area contributed by atoms with Crippen molar-refractivity contribution in [3.8, 4) is 0 Å². The summed E-state index contributed by atoms with van der Waals surface area (Å²) in [5.74, 6) is -0.655. The Bertz CT molecular complexity index is 989. The summed E-state index contributed by atoms with van der Waals surface area (Å²) < 4.78 is 0. The number of carbonyl (C=O) groups is 2. The standard InChI is InChI=1S/C22H20N6O2/c1-15(25-27-21(29)19-5-3-11-23-13-19)17-7-9-18(10-8-17)16(2)26-28-22(30)20-6-4-12-24-14-20/h3-14H,1-2H3,(H,27,29)(H,28,30)/b25-15+,26-16+. The summed E-state index contributed by atoms with van der Waals surface area (Å²) in [6.07, 6.45) is 6.15. The fourth-order valence-electron chi connectivity index (χ4n) is 2.47. The maximum atomic E-state index is 12.0. The molecule has 8 nitrogen and oxygen atoms in total. The molecule has 0 bridgehead atoms. The van der Waals surface area contributed by atoms with Crippen LogP contribution in [0.1, 0.15) is 45.7 Å². The first-order chi connectivity index (χ1) is 14.5. The number of nitrogens with one attached hydrogen (secondary N) is 2. The largest absolute Gasteiger partial charge is 0.272 e. The van der Waals surface area contributed by atoms with E-state index in [1.54, 1.807) is 50.5 Å². The van der Waals surface area contributed by atoms with Gasteiger partial charge in [-0.25, -0.2) is 10.9 Å². The number of hydrogen-bond donors (Lipinski definition) is 2. The van der Waals surface area contributed by atoms with Gasteiger partial charge >= 0.3 is 0 Å². The van der Waals surface area contributed by atoms with Crippen molar-refractivity contribution in [3.05, 3.63) is 95.6 Å². The van der Waals surface area contributed by atoms with Crippen LogP contribution in [0.3, 0.4) is 0 Å². The van der Waals surface area contributed by atoms with Gasteiger partial charge in [0, 0.05) is 24.8 Å². The van der Waals surface area contributed by atoms with Crippen LogP contribution in [0.5, 0.6) is 0 Å². The lowest BCUT2D eigenvalue weighted by atomic mass is 10.1. The second kappa shape index (κ2) is 9.83. The number of rotatable bonds is 6. The summed E-state index contributed by atoms with van der Waals surface area (Å²) in [5, 5.41) is 8.27. The highest BCUT2D eigenvalue weighted by molar-refractivity contribution is 6.03. The highest BCUT2D eigenvalue weighted by Gasteiger charge is 2.06. The van der Waals surface area contributed by atoms with Gasteiger partial charge in [-0.05, 0) is 49.2 Å². The third-order valence-electron chi connectivity index (χ3n) is 4.22. The molecule has 2 heterocycles. The van der Waals surface area contributed by atoms with Gasteiger partial charge in [-0.2, -0.15) is 10.2 Å². The van der Waals surface area contributed by atoms with Gasteiger partial charge in [0.05, 0.1) is 22.6 Å². The van der Waals surface area contributed by atoms with E-state index in [0.29, 0.717) is 22.6 Å². The fraction of sp³-hybridized carbons (Fsp3) is 0.0909. The van der Waals surface area contributed by atoms with Gasteiger partial charge < -0.3 is 0 Å². The maximum absolute atomic E-state index is 12.0. The molecule has 2 aromatic heterocycles. The van der Waals surface area contributed by atoms with Crippen molar-refractivity contribution < 1.29 is 9.59 Å². The van der Waals surface area contributed by atoms with Crippen LogP contribution >= 0.6 is 0 Å². The Morgan fingerprint density at radius 3 is 1.40 bits per heavy atom. The molecular weight excluding hydrogens is 380 g/mol. The number of aromatic nitrogens is 2. The highest BCUT2D eigenvalue weighted by atomic mass is 16.2. The minimum Gasteiger partial charge on any atom is -0.267 e. The molecule has 2 N–H and O–H groups in total. The SMILES string of the molecule is C/C(=N\NC(=O)c1cccnc1)c1ccc(/C(C)=N/NC(=O)c2cccnc2)cc1. The molecule has 0 fully saturated rings. The predicted octanol–water partition coefficient (Wildman–Crippen LogP) is 2.78. The number of benzene rings is 1. The molecule has 1 aromatic carbocycles. The lowest BCUT2D eigenvalue weighted by molar-refractivity contribution is 0.0946. The summed E-state index contributed by atoms with van der Waals surface area (Å²) >= 11 is 0. The summed E-state index contributed by atoms with van der Waals surface area (Å²) in [6.45, 7) is 3.60. The summed E-state index contributed by atoms with van der Waals surface area (Å²) in [7, 11) is 0. The van der Waals surface area contributed by atoms with Crippen molar-refractivity contribution in [3.63, 3.8) is 0 Å². The molecule has 0 aliphatic rings. The second-order valence-corrected chi connectivity index (χ2v) is 6.34. The summed E-state index contributed by atoms with van der Waals surface area (Å²) in [5.41, 5.74) is 8.89. The van der Waals surface area contributed by atoms with Crippen LogP contribution in [0.25, 0.3) is 0 Å². The molecule has 3 rings (SSSR count). The van der Waals surface area contributed by atoms with Crippen LogP contribution < -0.4 is 10.9 Å². The van der Waals surface area contributed by atoms with E-state index >= 15 is 0 Å². The van der Waals surface area contributed by atoms with Crippen LogP contribution in [-0.2, 0) is 0 Å². The zero-order chi connectivity index (χ0) is 21.3. The predicted molar refractivity (Wildman–Crippen MR) is 114 cm³/mol. The van der Waals surface area contributed by atoms with Crippen LogP contribution in [0.2, 0.25) is 0 Å². The van der Waals surface area contributed by atoms with Crippen molar-refractivity contribution in [2.75, 3.05) is 0 Å². The lowest BCUT2D eigenvalue weighted by Crippen LogP contribution is -2.19. The average molecular weight is 400 g/mol. The third kappa shape index (κ3) is 5.41. The molecular formula is C22H20N6O2. The number of hydrazone groups is 2. The average Bonchev–Trinajstić information content (AvgIpc) is 2.81. The maximum Gasteiger partial charge on any atom is 0.272 e. The Balaban J connectivity index is 1.62. The Kier molecular flexibility index (Phi) is 6.73. The van der Waals surface area contributed by atoms with E-state index in [0.717, 1.165) is 11.1 Å². The first-order valence-corrected chi connectivity index (χ1v) is 9.14. The van der Waals surface area contributed by atoms with Crippen LogP contribution in [0.15, 0.2) is 83.5 Å². The van der Waals surface area contributed by atoms with E-state index in [1.165, 1.54) is 12.4 Å². The summed E-state index contributed by atoms with van der Waals surface area (Å²) in [4.78, 5) is 31.9. The molecule has 150 valence electrons.